The Bertz CT molecular complexity index is 1990. The van der Waals surface area contributed by atoms with Crippen molar-refractivity contribution >= 4 is 45.9 Å². The smallest absolute Gasteiger partial charge is 0.338 e. The molecule has 0 radical (unpaired) electrons. The highest BCUT2D eigenvalue weighted by Crippen LogP contribution is 2.31. The number of carbonyl (C=O) groups excluding carboxylic acids is 1. The number of aromatic nitrogens is 2. The van der Waals surface area contributed by atoms with Crippen molar-refractivity contribution in [1.82, 2.24) is 9.13 Å². The van der Waals surface area contributed by atoms with Gasteiger partial charge in [0.2, 0.25) is 0 Å². The molecule has 1 aliphatic rings. The summed E-state index contributed by atoms with van der Waals surface area (Å²) in [6.45, 7) is 2.84. The molecule has 0 saturated heterocycles. The molecule has 0 aliphatic carbocycles. The van der Waals surface area contributed by atoms with Crippen molar-refractivity contribution in [3.05, 3.63) is 138 Å². The maximum Gasteiger partial charge on any atom is 0.338 e. The van der Waals surface area contributed by atoms with Crippen LogP contribution >= 0.6 is 22.9 Å². The molecular weight excluding hydrogens is 570 g/mol. The summed E-state index contributed by atoms with van der Waals surface area (Å²) in [5, 5.41) is 1.61. The molecule has 0 amide bonds. The van der Waals surface area contributed by atoms with Crippen LogP contribution in [0.1, 0.15) is 29.7 Å². The lowest BCUT2D eigenvalue weighted by molar-refractivity contribution is -0.140. The SMILES string of the molecule is COCCOC(=O)C1=C(C)N=c2sc(=Cc3cn(Cc4ccccc4)c4ccccc34)c(=O)n2C1c1ccc(Cl)cc1. The third kappa shape index (κ3) is 5.36. The zero-order chi connectivity index (χ0) is 29.2. The van der Waals surface area contributed by atoms with Crippen molar-refractivity contribution in [2.24, 2.45) is 4.99 Å². The van der Waals surface area contributed by atoms with Crippen LogP contribution in [0.4, 0.5) is 0 Å². The average Bonchev–Trinajstić information content (AvgIpc) is 3.49. The van der Waals surface area contributed by atoms with E-state index < -0.39 is 12.0 Å². The van der Waals surface area contributed by atoms with Crippen molar-refractivity contribution in [3.8, 4) is 0 Å². The molecule has 0 N–H and O–H groups in total. The number of carbonyl (C=O) groups is 1. The molecule has 0 saturated carbocycles. The van der Waals surface area contributed by atoms with E-state index in [2.05, 4.69) is 35.0 Å². The van der Waals surface area contributed by atoms with Gasteiger partial charge in [-0.2, -0.15) is 0 Å². The largest absolute Gasteiger partial charge is 0.460 e. The summed E-state index contributed by atoms with van der Waals surface area (Å²) in [5.74, 6) is -0.536. The Morgan fingerprint density at radius 1 is 1.02 bits per heavy atom. The maximum absolute atomic E-state index is 14.1. The molecule has 3 aromatic carbocycles. The summed E-state index contributed by atoms with van der Waals surface area (Å²) in [4.78, 5) is 32.6. The van der Waals surface area contributed by atoms with Crippen molar-refractivity contribution in [1.29, 1.82) is 0 Å². The normalized spacial score (nSPS) is 15.1. The molecule has 6 rings (SSSR count). The van der Waals surface area contributed by atoms with Crippen LogP contribution < -0.4 is 14.9 Å². The molecule has 0 bridgehead atoms. The number of halogens is 1. The van der Waals surface area contributed by atoms with Crippen LogP contribution in [0.25, 0.3) is 17.0 Å². The predicted octanol–water partition coefficient (Wildman–Crippen LogP) is 5.08. The standard InChI is InChI=1S/C33H28ClN3O4S/c1-21-29(32(39)41-17-16-40-2)30(23-12-14-25(34)15-13-23)37-31(38)28(42-33(37)35-21)18-24-20-36(19-22-8-4-3-5-9-22)27-11-7-6-10-26(24)27/h3-15,18,20,30H,16-17,19H2,1-2H3. The number of hydrogen-bond acceptors (Lipinski definition) is 6. The Balaban J connectivity index is 1.48. The van der Waals surface area contributed by atoms with Crippen LogP contribution in [0, 0.1) is 0 Å². The minimum atomic E-state index is -0.713. The number of fused-ring (bicyclic) bond motifs is 2. The van der Waals surface area contributed by atoms with E-state index in [0.29, 0.717) is 32.2 Å². The van der Waals surface area contributed by atoms with Gasteiger partial charge in [0.25, 0.3) is 5.56 Å². The molecule has 0 spiro atoms. The molecular formula is C33H28ClN3O4S. The third-order valence-corrected chi connectivity index (χ3v) is 8.48. The minimum Gasteiger partial charge on any atom is -0.460 e. The van der Waals surface area contributed by atoms with E-state index in [0.717, 1.165) is 22.0 Å². The van der Waals surface area contributed by atoms with Gasteiger partial charge in [-0.05, 0) is 42.3 Å². The molecule has 9 heteroatoms. The Kier molecular flexibility index (Phi) is 7.93. The van der Waals surface area contributed by atoms with Gasteiger partial charge in [-0.25, -0.2) is 9.79 Å². The zero-order valence-electron chi connectivity index (χ0n) is 23.1. The summed E-state index contributed by atoms with van der Waals surface area (Å²) >= 11 is 7.49. The maximum atomic E-state index is 14.1. The Labute approximate surface area is 251 Å². The molecule has 0 fully saturated rings. The van der Waals surface area contributed by atoms with E-state index in [4.69, 9.17) is 26.1 Å². The fourth-order valence-corrected chi connectivity index (χ4v) is 6.44. The molecule has 212 valence electrons. The summed E-state index contributed by atoms with van der Waals surface area (Å²) < 4.78 is 14.8. The quantitative estimate of drug-likeness (QED) is 0.185. The van der Waals surface area contributed by atoms with Crippen molar-refractivity contribution in [2.45, 2.75) is 19.5 Å². The van der Waals surface area contributed by atoms with Gasteiger partial charge >= 0.3 is 5.97 Å². The molecule has 1 unspecified atom stereocenters. The first kappa shape index (κ1) is 27.9. The Morgan fingerprint density at radius 2 is 1.76 bits per heavy atom. The lowest BCUT2D eigenvalue weighted by Gasteiger charge is -2.24. The highest BCUT2D eigenvalue weighted by atomic mass is 35.5. The topological polar surface area (TPSA) is 74.8 Å². The van der Waals surface area contributed by atoms with E-state index in [1.165, 1.54) is 16.9 Å². The first-order chi connectivity index (χ1) is 20.4. The fourth-order valence-electron chi connectivity index (χ4n) is 5.28. The van der Waals surface area contributed by atoms with Gasteiger partial charge in [-0.1, -0.05) is 83.6 Å². The minimum absolute atomic E-state index is 0.0942. The second kappa shape index (κ2) is 11.9. The monoisotopic (exact) mass is 597 g/mol. The summed E-state index contributed by atoms with van der Waals surface area (Å²) in [5.41, 5.74) is 4.53. The summed E-state index contributed by atoms with van der Waals surface area (Å²) in [6, 6.07) is 24.9. The number of rotatable bonds is 8. The van der Waals surface area contributed by atoms with Gasteiger partial charge in [0.05, 0.1) is 28.5 Å². The number of esters is 1. The lowest BCUT2D eigenvalue weighted by Crippen LogP contribution is -2.40. The molecule has 5 aromatic rings. The molecule has 1 atom stereocenters. The van der Waals surface area contributed by atoms with Crippen LogP contribution in [0.3, 0.4) is 0 Å². The van der Waals surface area contributed by atoms with Gasteiger partial charge in [0.15, 0.2) is 4.80 Å². The number of allylic oxidation sites excluding steroid dienone is 1. The number of benzene rings is 3. The fraction of sp³-hybridized carbons (Fsp3) is 0.182. The van der Waals surface area contributed by atoms with Crippen molar-refractivity contribution in [3.63, 3.8) is 0 Å². The summed E-state index contributed by atoms with van der Waals surface area (Å²) in [6.07, 6.45) is 4.00. The highest BCUT2D eigenvalue weighted by molar-refractivity contribution is 7.07. The zero-order valence-corrected chi connectivity index (χ0v) is 24.7. The van der Waals surface area contributed by atoms with E-state index in [1.54, 1.807) is 30.7 Å². The molecule has 42 heavy (non-hydrogen) atoms. The Morgan fingerprint density at radius 3 is 2.52 bits per heavy atom. The van der Waals surface area contributed by atoms with Gasteiger partial charge in [0.1, 0.15) is 6.61 Å². The first-order valence-corrected chi connectivity index (χ1v) is 14.7. The number of ether oxygens (including phenoxy) is 2. The van der Waals surface area contributed by atoms with Crippen LogP contribution in [0.15, 0.2) is 106 Å². The number of para-hydroxylation sites is 1. The van der Waals surface area contributed by atoms with Gasteiger partial charge < -0.3 is 14.0 Å². The van der Waals surface area contributed by atoms with Crippen molar-refractivity contribution in [2.75, 3.05) is 20.3 Å². The molecule has 3 heterocycles. The number of nitrogens with zero attached hydrogens (tertiary/aromatic N) is 3. The first-order valence-electron chi connectivity index (χ1n) is 13.5. The lowest BCUT2D eigenvalue weighted by atomic mass is 9.96. The van der Waals surface area contributed by atoms with Crippen LogP contribution in [0.5, 0.6) is 0 Å². The van der Waals surface area contributed by atoms with Crippen LogP contribution in [-0.2, 0) is 20.8 Å². The van der Waals surface area contributed by atoms with E-state index in [1.807, 2.05) is 48.5 Å². The molecule has 7 nitrogen and oxygen atoms in total. The third-order valence-electron chi connectivity index (χ3n) is 7.25. The van der Waals surface area contributed by atoms with Crippen LogP contribution in [-0.4, -0.2) is 35.4 Å². The average molecular weight is 598 g/mol. The van der Waals surface area contributed by atoms with E-state index >= 15 is 0 Å². The number of methoxy groups -OCH3 is 1. The second-order valence-electron chi connectivity index (χ2n) is 9.98. The van der Waals surface area contributed by atoms with Gasteiger partial charge in [0, 0.05) is 41.3 Å². The highest BCUT2D eigenvalue weighted by Gasteiger charge is 2.33. The van der Waals surface area contributed by atoms with E-state index in [-0.39, 0.29) is 18.8 Å². The number of hydrogen-bond donors (Lipinski definition) is 0. The van der Waals surface area contributed by atoms with E-state index in [9.17, 15) is 9.59 Å². The van der Waals surface area contributed by atoms with Gasteiger partial charge in [-0.15, -0.1) is 0 Å². The predicted molar refractivity (Wildman–Crippen MR) is 166 cm³/mol. The Hall–Kier alpha value is -4.24. The van der Waals surface area contributed by atoms with Crippen LogP contribution in [0.2, 0.25) is 5.02 Å². The molecule has 1 aliphatic heterocycles. The molecule has 2 aromatic heterocycles. The van der Waals surface area contributed by atoms with Crippen molar-refractivity contribution < 1.29 is 14.3 Å². The second-order valence-corrected chi connectivity index (χ2v) is 11.4. The van der Waals surface area contributed by atoms with Gasteiger partial charge in [-0.3, -0.25) is 9.36 Å². The number of thiazole rings is 1. The summed E-state index contributed by atoms with van der Waals surface area (Å²) in [7, 11) is 1.54.